The maximum atomic E-state index is 3.51. The molecule has 1 atom stereocenters. The van der Waals surface area contributed by atoms with Gasteiger partial charge in [-0.3, -0.25) is 0 Å². The normalized spacial score (nSPS) is 34.2. The van der Waals surface area contributed by atoms with Crippen LogP contribution in [0.2, 0.25) is 0 Å². The summed E-state index contributed by atoms with van der Waals surface area (Å²) in [5, 5.41) is 3.51. The van der Waals surface area contributed by atoms with Crippen LogP contribution in [0.1, 0.15) is 19.3 Å². The number of rotatable bonds is 2. The molecule has 2 heterocycles. The summed E-state index contributed by atoms with van der Waals surface area (Å²) in [6, 6.07) is 0.820. The summed E-state index contributed by atoms with van der Waals surface area (Å²) in [4.78, 5) is 2.54. The molecule has 0 unspecified atom stereocenters. The molecule has 0 aliphatic carbocycles. The first kappa shape index (κ1) is 6.62. The second-order valence-electron chi connectivity index (χ2n) is 3.45. The van der Waals surface area contributed by atoms with E-state index in [9.17, 15) is 0 Å². The third-order valence-corrected chi connectivity index (χ3v) is 2.59. The van der Waals surface area contributed by atoms with Gasteiger partial charge < -0.3 is 10.2 Å². The van der Waals surface area contributed by atoms with Crippen molar-refractivity contribution in [3.8, 4) is 0 Å². The van der Waals surface area contributed by atoms with Gasteiger partial charge in [-0.15, -0.1) is 0 Å². The molecule has 1 N–H and O–H groups in total. The first-order chi connectivity index (χ1) is 4.95. The second-order valence-corrected chi connectivity index (χ2v) is 3.45. The summed E-state index contributed by atoms with van der Waals surface area (Å²) < 4.78 is 0. The molecule has 2 saturated heterocycles. The molecular weight excluding hydrogens is 124 g/mol. The number of nitrogens with zero attached hydrogens (tertiary/aromatic N) is 1. The van der Waals surface area contributed by atoms with Gasteiger partial charge >= 0.3 is 0 Å². The van der Waals surface area contributed by atoms with Crippen LogP contribution in [0.4, 0.5) is 0 Å². The minimum Gasteiger partial charge on any atom is -0.313 e. The van der Waals surface area contributed by atoms with E-state index in [4.69, 9.17) is 0 Å². The first-order valence-electron chi connectivity index (χ1n) is 4.41. The van der Waals surface area contributed by atoms with Crippen LogP contribution in [0.3, 0.4) is 0 Å². The smallest absolute Gasteiger partial charge is 0.0195 e. The quantitative estimate of drug-likeness (QED) is 0.599. The van der Waals surface area contributed by atoms with E-state index in [0.29, 0.717) is 0 Å². The molecule has 0 aromatic heterocycles. The predicted octanol–water partition coefficient (Wildman–Crippen LogP) is 0.444. The van der Waals surface area contributed by atoms with E-state index < -0.39 is 0 Å². The van der Waals surface area contributed by atoms with Crippen molar-refractivity contribution in [2.75, 3.05) is 26.2 Å². The summed E-state index contributed by atoms with van der Waals surface area (Å²) >= 11 is 0. The van der Waals surface area contributed by atoms with E-state index in [1.165, 1.54) is 45.4 Å². The van der Waals surface area contributed by atoms with Crippen molar-refractivity contribution in [2.45, 2.75) is 25.3 Å². The van der Waals surface area contributed by atoms with Gasteiger partial charge in [0.1, 0.15) is 0 Å². The van der Waals surface area contributed by atoms with Crippen LogP contribution in [-0.2, 0) is 0 Å². The Kier molecular flexibility index (Phi) is 1.91. The van der Waals surface area contributed by atoms with Crippen LogP contribution in [-0.4, -0.2) is 37.1 Å². The molecule has 2 rings (SSSR count). The Bertz CT molecular complexity index is 104. The van der Waals surface area contributed by atoms with Gasteiger partial charge in [-0.05, 0) is 38.9 Å². The van der Waals surface area contributed by atoms with Gasteiger partial charge in [-0.1, -0.05) is 0 Å². The van der Waals surface area contributed by atoms with Gasteiger partial charge in [0.25, 0.3) is 0 Å². The minimum absolute atomic E-state index is 0.820. The zero-order valence-corrected chi connectivity index (χ0v) is 6.47. The van der Waals surface area contributed by atoms with Crippen molar-refractivity contribution in [1.29, 1.82) is 0 Å². The first-order valence-corrected chi connectivity index (χ1v) is 4.41. The lowest BCUT2D eigenvalue weighted by Crippen LogP contribution is -2.44. The Labute approximate surface area is 62.6 Å². The van der Waals surface area contributed by atoms with Crippen molar-refractivity contribution in [2.24, 2.45) is 0 Å². The molecule has 0 amide bonds. The van der Waals surface area contributed by atoms with E-state index >= 15 is 0 Å². The molecule has 2 aliphatic rings. The van der Waals surface area contributed by atoms with Crippen molar-refractivity contribution >= 4 is 0 Å². The maximum absolute atomic E-state index is 3.51. The molecule has 2 aliphatic heterocycles. The highest BCUT2D eigenvalue weighted by Gasteiger charge is 2.20. The van der Waals surface area contributed by atoms with Crippen LogP contribution in [0.5, 0.6) is 0 Å². The largest absolute Gasteiger partial charge is 0.313 e. The molecule has 0 spiro atoms. The molecule has 0 saturated carbocycles. The minimum atomic E-state index is 0.820. The molecule has 58 valence electrons. The van der Waals surface area contributed by atoms with Crippen LogP contribution in [0.25, 0.3) is 0 Å². The fraction of sp³-hybridized carbons (Fsp3) is 1.00. The van der Waals surface area contributed by atoms with Crippen LogP contribution < -0.4 is 5.32 Å². The molecule has 0 aromatic carbocycles. The Morgan fingerprint density at radius 3 is 2.70 bits per heavy atom. The third kappa shape index (κ3) is 1.32. The summed E-state index contributed by atoms with van der Waals surface area (Å²) in [7, 11) is 0. The highest BCUT2D eigenvalue weighted by atomic mass is 15.2. The monoisotopic (exact) mass is 140 g/mol. The average Bonchev–Trinajstić information content (AvgIpc) is 2.29. The van der Waals surface area contributed by atoms with E-state index in [1.807, 2.05) is 0 Å². The summed E-state index contributed by atoms with van der Waals surface area (Å²) in [6.07, 6.45) is 4.21. The van der Waals surface area contributed by atoms with Gasteiger partial charge in [0, 0.05) is 12.6 Å². The van der Waals surface area contributed by atoms with E-state index in [-0.39, 0.29) is 0 Å². The Morgan fingerprint density at radius 1 is 1.30 bits per heavy atom. The molecule has 0 radical (unpaired) electrons. The average molecular weight is 140 g/mol. The summed E-state index contributed by atoms with van der Waals surface area (Å²) in [5.74, 6) is 0. The van der Waals surface area contributed by atoms with Crippen LogP contribution in [0, 0.1) is 0 Å². The lowest BCUT2D eigenvalue weighted by atomic mass is 10.1. The fourth-order valence-corrected chi connectivity index (χ4v) is 1.79. The summed E-state index contributed by atoms with van der Waals surface area (Å²) in [5.41, 5.74) is 0. The van der Waals surface area contributed by atoms with E-state index in [2.05, 4.69) is 10.2 Å². The molecule has 10 heavy (non-hydrogen) atoms. The van der Waals surface area contributed by atoms with Crippen LogP contribution >= 0.6 is 0 Å². The van der Waals surface area contributed by atoms with Crippen LogP contribution in [0.15, 0.2) is 0 Å². The number of hydrogen-bond donors (Lipinski definition) is 1. The zero-order chi connectivity index (χ0) is 6.81. The number of nitrogens with one attached hydrogen (secondary N) is 1. The SMILES string of the molecule is C1CN[C@@H](CN2CCC2)C1. The predicted molar refractivity (Wildman–Crippen MR) is 42.1 cm³/mol. The topological polar surface area (TPSA) is 15.3 Å². The summed E-state index contributed by atoms with van der Waals surface area (Å²) in [6.45, 7) is 5.24. The Morgan fingerprint density at radius 2 is 2.20 bits per heavy atom. The third-order valence-electron chi connectivity index (χ3n) is 2.59. The number of hydrogen-bond acceptors (Lipinski definition) is 2. The molecule has 2 fully saturated rings. The standard InChI is InChI=1S/C8H16N2/c1-3-8(9-4-1)7-10-5-2-6-10/h8-9H,1-7H2/t8-/m1/s1. The van der Waals surface area contributed by atoms with Crippen molar-refractivity contribution in [3.05, 3.63) is 0 Å². The lowest BCUT2D eigenvalue weighted by Gasteiger charge is -2.32. The Balaban J connectivity index is 1.68. The highest BCUT2D eigenvalue weighted by molar-refractivity contribution is 4.80. The van der Waals surface area contributed by atoms with Gasteiger partial charge in [-0.2, -0.15) is 0 Å². The molecule has 2 nitrogen and oxygen atoms in total. The van der Waals surface area contributed by atoms with Gasteiger partial charge in [0.2, 0.25) is 0 Å². The zero-order valence-electron chi connectivity index (χ0n) is 6.47. The highest BCUT2D eigenvalue weighted by Crippen LogP contribution is 2.11. The van der Waals surface area contributed by atoms with E-state index in [1.54, 1.807) is 0 Å². The van der Waals surface area contributed by atoms with Gasteiger partial charge in [-0.25, -0.2) is 0 Å². The molecule has 2 heteroatoms. The fourth-order valence-electron chi connectivity index (χ4n) is 1.79. The molecule has 0 aromatic rings. The van der Waals surface area contributed by atoms with Crippen molar-refractivity contribution in [3.63, 3.8) is 0 Å². The van der Waals surface area contributed by atoms with Crippen molar-refractivity contribution in [1.82, 2.24) is 10.2 Å². The maximum Gasteiger partial charge on any atom is 0.0195 e. The Hall–Kier alpha value is -0.0800. The number of likely N-dealkylation sites (tertiary alicyclic amines) is 1. The van der Waals surface area contributed by atoms with E-state index in [0.717, 1.165) is 6.04 Å². The van der Waals surface area contributed by atoms with Gasteiger partial charge in [0.15, 0.2) is 0 Å². The van der Waals surface area contributed by atoms with Gasteiger partial charge in [0.05, 0.1) is 0 Å². The van der Waals surface area contributed by atoms with Crippen molar-refractivity contribution < 1.29 is 0 Å². The molecule has 0 bridgehead atoms. The second kappa shape index (κ2) is 2.89. The molecular formula is C8H16N2. The lowest BCUT2D eigenvalue weighted by molar-refractivity contribution is 0.166.